The Morgan fingerprint density at radius 2 is 2.32 bits per heavy atom. The van der Waals surface area contributed by atoms with E-state index in [-0.39, 0.29) is 18.4 Å². The maximum atomic E-state index is 11.9. The fraction of sp³-hybridized carbons (Fsp3) is 0.714. The molecule has 0 spiro atoms. The number of carboxylic acid groups (broad SMARTS) is 1. The van der Waals surface area contributed by atoms with E-state index in [0.717, 1.165) is 25.9 Å². The molecule has 2 atom stereocenters. The summed E-state index contributed by atoms with van der Waals surface area (Å²) in [5, 5.41) is 11.5. The molecule has 1 aliphatic heterocycles. The molecule has 0 aromatic heterocycles. The van der Waals surface area contributed by atoms with Crippen LogP contribution in [0.2, 0.25) is 0 Å². The molecule has 0 bridgehead atoms. The molecule has 0 radical (unpaired) electrons. The van der Waals surface area contributed by atoms with Gasteiger partial charge in [-0.05, 0) is 38.6 Å². The van der Waals surface area contributed by atoms with E-state index < -0.39 is 5.97 Å². The quantitative estimate of drug-likeness (QED) is 0.682. The zero-order valence-electron chi connectivity index (χ0n) is 11.6. The van der Waals surface area contributed by atoms with Crippen molar-refractivity contribution in [3.8, 4) is 0 Å². The summed E-state index contributed by atoms with van der Waals surface area (Å²) in [6.07, 6.45) is 4.67. The van der Waals surface area contributed by atoms with Crippen LogP contribution in [0.25, 0.3) is 0 Å². The van der Waals surface area contributed by atoms with Crippen molar-refractivity contribution < 1.29 is 14.7 Å². The highest BCUT2D eigenvalue weighted by atomic mass is 16.4. The number of carbonyl (C=O) groups excluding carboxylic acids is 1. The molecule has 0 saturated carbocycles. The Bertz CT molecular complexity index is 331. The Labute approximate surface area is 114 Å². The second-order valence-corrected chi connectivity index (χ2v) is 5.15. The summed E-state index contributed by atoms with van der Waals surface area (Å²) in [6, 6.07) is -0.160. The first-order valence-corrected chi connectivity index (χ1v) is 6.89. The fourth-order valence-corrected chi connectivity index (χ4v) is 2.50. The highest BCUT2D eigenvalue weighted by Crippen LogP contribution is 2.22. The topological polar surface area (TPSA) is 69.6 Å². The Balaban J connectivity index is 2.42. The summed E-state index contributed by atoms with van der Waals surface area (Å²) < 4.78 is 0. The van der Waals surface area contributed by atoms with Crippen molar-refractivity contribution in [2.45, 2.75) is 38.6 Å². The predicted molar refractivity (Wildman–Crippen MR) is 73.8 cm³/mol. The number of nitrogens with one attached hydrogen (secondary N) is 1. The fourth-order valence-electron chi connectivity index (χ4n) is 2.50. The zero-order chi connectivity index (χ0) is 14.3. The lowest BCUT2D eigenvalue weighted by molar-refractivity contribution is -0.137. The van der Waals surface area contributed by atoms with Crippen LogP contribution in [-0.4, -0.2) is 47.6 Å². The van der Waals surface area contributed by atoms with Crippen LogP contribution in [0.1, 0.15) is 32.6 Å². The maximum absolute atomic E-state index is 11.9. The van der Waals surface area contributed by atoms with Gasteiger partial charge in [0, 0.05) is 19.5 Å². The molecule has 2 unspecified atom stereocenters. The summed E-state index contributed by atoms with van der Waals surface area (Å²) in [6.45, 7) is 7.68. The third-order valence-electron chi connectivity index (χ3n) is 3.66. The maximum Gasteiger partial charge on any atom is 0.303 e. The normalized spacial score (nSPS) is 21.6. The summed E-state index contributed by atoms with van der Waals surface area (Å²) >= 11 is 0. The molecule has 1 heterocycles. The smallest absolute Gasteiger partial charge is 0.303 e. The summed E-state index contributed by atoms with van der Waals surface area (Å²) in [4.78, 5) is 24.6. The number of hydrogen-bond donors (Lipinski definition) is 2. The standard InChI is InChI=1S/C14H24N2O3/c1-3-8-15-14(19)11(2)16-9-4-5-12(10-16)6-7-13(17)18/h3,11-12H,1,4-10H2,2H3,(H,15,19)(H,17,18). The SMILES string of the molecule is C=CCNC(=O)C(C)N1CCCC(CCC(=O)O)C1. The third kappa shape index (κ3) is 5.42. The minimum Gasteiger partial charge on any atom is -0.481 e. The summed E-state index contributed by atoms with van der Waals surface area (Å²) in [5.41, 5.74) is 0. The molecule has 108 valence electrons. The van der Waals surface area contributed by atoms with Gasteiger partial charge in [0.1, 0.15) is 0 Å². The van der Waals surface area contributed by atoms with Crippen molar-refractivity contribution in [2.75, 3.05) is 19.6 Å². The van der Waals surface area contributed by atoms with Gasteiger partial charge in [0.2, 0.25) is 5.91 Å². The van der Waals surface area contributed by atoms with Crippen LogP contribution < -0.4 is 5.32 Å². The average molecular weight is 268 g/mol. The van der Waals surface area contributed by atoms with Crippen molar-refractivity contribution >= 4 is 11.9 Å². The summed E-state index contributed by atoms with van der Waals surface area (Å²) in [7, 11) is 0. The molecule has 19 heavy (non-hydrogen) atoms. The van der Waals surface area contributed by atoms with Crippen LogP contribution in [-0.2, 0) is 9.59 Å². The molecule has 2 N–H and O–H groups in total. The lowest BCUT2D eigenvalue weighted by atomic mass is 9.92. The van der Waals surface area contributed by atoms with Crippen LogP contribution in [0.5, 0.6) is 0 Å². The van der Waals surface area contributed by atoms with Gasteiger partial charge in [-0.25, -0.2) is 0 Å². The van der Waals surface area contributed by atoms with Gasteiger partial charge in [0.25, 0.3) is 0 Å². The predicted octanol–water partition coefficient (Wildman–Crippen LogP) is 1.25. The van der Waals surface area contributed by atoms with E-state index in [1.54, 1.807) is 6.08 Å². The van der Waals surface area contributed by atoms with Gasteiger partial charge in [-0.3, -0.25) is 14.5 Å². The van der Waals surface area contributed by atoms with E-state index in [9.17, 15) is 9.59 Å². The van der Waals surface area contributed by atoms with E-state index in [2.05, 4.69) is 16.8 Å². The third-order valence-corrected chi connectivity index (χ3v) is 3.66. The van der Waals surface area contributed by atoms with Gasteiger partial charge in [-0.1, -0.05) is 6.08 Å². The molecule has 5 nitrogen and oxygen atoms in total. The van der Waals surface area contributed by atoms with E-state index in [0.29, 0.717) is 18.9 Å². The lowest BCUT2D eigenvalue weighted by Crippen LogP contribution is -2.49. The molecular weight excluding hydrogens is 244 g/mol. The molecule has 1 fully saturated rings. The minimum atomic E-state index is -0.742. The number of nitrogens with zero attached hydrogens (tertiary/aromatic N) is 1. The van der Waals surface area contributed by atoms with E-state index >= 15 is 0 Å². The van der Waals surface area contributed by atoms with E-state index in [1.807, 2.05) is 6.92 Å². The van der Waals surface area contributed by atoms with Gasteiger partial charge in [0.15, 0.2) is 0 Å². The number of carboxylic acids is 1. The first kappa shape index (κ1) is 15.7. The second kappa shape index (κ2) is 7.94. The van der Waals surface area contributed by atoms with Crippen molar-refractivity contribution in [1.82, 2.24) is 10.2 Å². The minimum absolute atomic E-state index is 0.0128. The van der Waals surface area contributed by atoms with Gasteiger partial charge < -0.3 is 10.4 Å². The van der Waals surface area contributed by atoms with Crippen LogP contribution in [0.4, 0.5) is 0 Å². The molecular formula is C14H24N2O3. The van der Waals surface area contributed by atoms with Gasteiger partial charge >= 0.3 is 5.97 Å². The number of piperidine rings is 1. The monoisotopic (exact) mass is 268 g/mol. The number of carbonyl (C=O) groups is 2. The Kier molecular flexibility index (Phi) is 6.56. The highest BCUT2D eigenvalue weighted by Gasteiger charge is 2.27. The van der Waals surface area contributed by atoms with Crippen molar-refractivity contribution in [3.63, 3.8) is 0 Å². The van der Waals surface area contributed by atoms with Crippen LogP contribution in [0.3, 0.4) is 0 Å². The van der Waals surface area contributed by atoms with E-state index in [1.165, 1.54) is 0 Å². The first-order chi connectivity index (χ1) is 9.04. The molecule has 1 saturated heterocycles. The molecule has 1 amide bonds. The largest absolute Gasteiger partial charge is 0.481 e. The first-order valence-electron chi connectivity index (χ1n) is 6.89. The summed E-state index contributed by atoms with van der Waals surface area (Å²) in [5.74, 6) is -0.341. The van der Waals surface area contributed by atoms with Crippen LogP contribution in [0, 0.1) is 5.92 Å². The van der Waals surface area contributed by atoms with Crippen molar-refractivity contribution in [1.29, 1.82) is 0 Å². The number of likely N-dealkylation sites (tertiary alicyclic amines) is 1. The Morgan fingerprint density at radius 1 is 1.58 bits per heavy atom. The van der Waals surface area contributed by atoms with Crippen LogP contribution in [0.15, 0.2) is 12.7 Å². The van der Waals surface area contributed by atoms with Gasteiger partial charge in [-0.15, -0.1) is 6.58 Å². The number of rotatable bonds is 7. The highest BCUT2D eigenvalue weighted by molar-refractivity contribution is 5.81. The molecule has 0 aromatic rings. The molecule has 1 aliphatic rings. The molecule has 5 heteroatoms. The van der Waals surface area contributed by atoms with Crippen molar-refractivity contribution in [2.24, 2.45) is 5.92 Å². The molecule has 1 rings (SSSR count). The number of aliphatic carboxylic acids is 1. The Hall–Kier alpha value is -1.36. The van der Waals surface area contributed by atoms with Crippen LogP contribution >= 0.6 is 0 Å². The lowest BCUT2D eigenvalue weighted by Gasteiger charge is -2.36. The Morgan fingerprint density at radius 3 is 2.95 bits per heavy atom. The molecule has 0 aromatic carbocycles. The molecule has 0 aliphatic carbocycles. The second-order valence-electron chi connectivity index (χ2n) is 5.15. The van der Waals surface area contributed by atoms with Gasteiger partial charge in [-0.2, -0.15) is 0 Å². The zero-order valence-corrected chi connectivity index (χ0v) is 11.6. The van der Waals surface area contributed by atoms with Crippen molar-refractivity contribution in [3.05, 3.63) is 12.7 Å². The number of hydrogen-bond acceptors (Lipinski definition) is 3. The number of amides is 1. The van der Waals surface area contributed by atoms with Gasteiger partial charge in [0.05, 0.1) is 6.04 Å². The van der Waals surface area contributed by atoms with E-state index in [4.69, 9.17) is 5.11 Å². The average Bonchev–Trinajstić information content (AvgIpc) is 2.42.